The lowest BCUT2D eigenvalue weighted by molar-refractivity contribution is 0.141. The standard InChI is InChI=1S/C14H22F2N2/c1-5-14(2,3)18(4)9-13(17)11-8-10(15)6-7-12(11)16/h6-8,13H,5,9,17H2,1-4H3. The summed E-state index contributed by atoms with van der Waals surface area (Å²) >= 11 is 0. The van der Waals surface area contributed by atoms with Gasteiger partial charge in [0.1, 0.15) is 11.6 Å². The minimum atomic E-state index is -0.531. The molecule has 4 heteroatoms. The van der Waals surface area contributed by atoms with E-state index in [-0.39, 0.29) is 11.1 Å². The fourth-order valence-electron chi connectivity index (χ4n) is 1.71. The number of nitrogens with zero attached hydrogens (tertiary/aromatic N) is 1. The second kappa shape index (κ2) is 5.76. The molecular weight excluding hydrogens is 234 g/mol. The second-order valence-electron chi connectivity index (χ2n) is 5.32. The van der Waals surface area contributed by atoms with Crippen molar-refractivity contribution < 1.29 is 8.78 Å². The van der Waals surface area contributed by atoms with Crippen LogP contribution in [0.3, 0.4) is 0 Å². The Hall–Kier alpha value is -1.00. The molecule has 1 unspecified atom stereocenters. The molecule has 0 heterocycles. The van der Waals surface area contributed by atoms with Crippen molar-refractivity contribution >= 4 is 0 Å². The summed E-state index contributed by atoms with van der Waals surface area (Å²) in [4.78, 5) is 2.07. The molecule has 0 radical (unpaired) electrons. The van der Waals surface area contributed by atoms with Crippen LogP contribution in [0.5, 0.6) is 0 Å². The first-order chi connectivity index (χ1) is 8.27. The van der Waals surface area contributed by atoms with Crippen molar-refractivity contribution in [3.05, 3.63) is 35.4 Å². The largest absolute Gasteiger partial charge is 0.323 e. The first-order valence-electron chi connectivity index (χ1n) is 6.19. The van der Waals surface area contributed by atoms with E-state index in [0.717, 1.165) is 18.6 Å². The summed E-state index contributed by atoms with van der Waals surface area (Å²) in [5.74, 6) is -0.911. The van der Waals surface area contributed by atoms with Crippen LogP contribution in [0.4, 0.5) is 8.78 Å². The molecule has 102 valence electrons. The van der Waals surface area contributed by atoms with Crippen molar-refractivity contribution in [3.8, 4) is 0 Å². The van der Waals surface area contributed by atoms with E-state index in [2.05, 4.69) is 25.7 Å². The van der Waals surface area contributed by atoms with Crippen LogP contribution in [0.25, 0.3) is 0 Å². The van der Waals surface area contributed by atoms with Gasteiger partial charge in [-0.05, 0) is 45.5 Å². The zero-order valence-electron chi connectivity index (χ0n) is 11.5. The van der Waals surface area contributed by atoms with Gasteiger partial charge in [0.25, 0.3) is 0 Å². The van der Waals surface area contributed by atoms with Crippen molar-refractivity contribution in [2.75, 3.05) is 13.6 Å². The van der Waals surface area contributed by atoms with Gasteiger partial charge in [-0.1, -0.05) is 6.92 Å². The first kappa shape index (κ1) is 15.1. The zero-order valence-corrected chi connectivity index (χ0v) is 11.5. The summed E-state index contributed by atoms with van der Waals surface area (Å²) in [5.41, 5.74) is 6.19. The number of likely N-dealkylation sites (N-methyl/N-ethyl adjacent to an activating group) is 1. The quantitative estimate of drug-likeness (QED) is 0.877. The van der Waals surface area contributed by atoms with Gasteiger partial charge >= 0.3 is 0 Å². The van der Waals surface area contributed by atoms with E-state index < -0.39 is 17.7 Å². The van der Waals surface area contributed by atoms with Crippen molar-refractivity contribution in [1.82, 2.24) is 4.90 Å². The maximum atomic E-state index is 13.6. The maximum absolute atomic E-state index is 13.6. The van der Waals surface area contributed by atoms with Gasteiger partial charge in [0, 0.05) is 23.7 Å². The fourth-order valence-corrected chi connectivity index (χ4v) is 1.71. The van der Waals surface area contributed by atoms with Crippen molar-refractivity contribution in [2.45, 2.75) is 38.8 Å². The summed E-state index contributed by atoms with van der Waals surface area (Å²) in [6.45, 7) is 6.77. The number of rotatable bonds is 5. The molecule has 1 rings (SSSR count). The van der Waals surface area contributed by atoms with E-state index in [9.17, 15) is 8.78 Å². The third kappa shape index (κ3) is 3.50. The van der Waals surface area contributed by atoms with Gasteiger partial charge in [-0.15, -0.1) is 0 Å². The third-order valence-electron chi connectivity index (χ3n) is 3.73. The highest BCUT2D eigenvalue weighted by Gasteiger charge is 2.24. The van der Waals surface area contributed by atoms with E-state index in [1.807, 2.05) is 7.05 Å². The molecule has 1 aromatic rings. The van der Waals surface area contributed by atoms with Crippen LogP contribution >= 0.6 is 0 Å². The Labute approximate surface area is 108 Å². The highest BCUT2D eigenvalue weighted by Crippen LogP contribution is 2.22. The molecule has 1 atom stereocenters. The summed E-state index contributed by atoms with van der Waals surface area (Å²) in [7, 11) is 1.95. The molecule has 0 aromatic heterocycles. The molecule has 1 aromatic carbocycles. The number of hydrogen-bond donors (Lipinski definition) is 1. The molecule has 0 amide bonds. The molecular formula is C14H22F2N2. The van der Waals surface area contributed by atoms with Gasteiger partial charge < -0.3 is 5.73 Å². The van der Waals surface area contributed by atoms with Gasteiger partial charge in [0.2, 0.25) is 0 Å². The summed E-state index contributed by atoms with van der Waals surface area (Å²) in [6, 6.07) is 2.87. The van der Waals surface area contributed by atoms with Crippen LogP contribution in [0.15, 0.2) is 18.2 Å². The van der Waals surface area contributed by atoms with Crippen molar-refractivity contribution in [1.29, 1.82) is 0 Å². The van der Waals surface area contributed by atoms with Gasteiger partial charge in [0.15, 0.2) is 0 Å². The number of hydrogen-bond acceptors (Lipinski definition) is 2. The first-order valence-corrected chi connectivity index (χ1v) is 6.19. The Morgan fingerprint density at radius 2 is 1.94 bits per heavy atom. The van der Waals surface area contributed by atoms with Crippen LogP contribution < -0.4 is 5.73 Å². The number of halogens is 2. The average molecular weight is 256 g/mol. The van der Waals surface area contributed by atoms with Crippen molar-refractivity contribution in [3.63, 3.8) is 0 Å². The van der Waals surface area contributed by atoms with Gasteiger partial charge in [-0.2, -0.15) is 0 Å². The van der Waals surface area contributed by atoms with E-state index >= 15 is 0 Å². The lowest BCUT2D eigenvalue weighted by Gasteiger charge is -2.36. The monoisotopic (exact) mass is 256 g/mol. The van der Waals surface area contributed by atoms with Crippen LogP contribution in [0.2, 0.25) is 0 Å². The van der Waals surface area contributed by atoms with Crippen LogP contribution in [0, 0.1) is 11.6 Å². The lowest BCUT2D eigenvalue weighted by atomic mass is 9.98. The van der Waals surface area contributed by atoms with E-state index in [4.69, 9.17) is 5.73 Å². The van der Waals surface area contributed by atoms with E-state index in [1.54, 1.807) is 0 Å². The summed E-state index contributed by atoms with van der Waals surface area (Å²) in [5, 5.41) is 0. The van der Waals surface area contributed by atoms with Crippen LogP contribution in [-0.2, 0) is 0 Å². The molecule has 0 fully saturated rings. The normalized spacial score (nSPS) is 14.0. The minimum Gasteiger partial charge on any atom is -0.323 e. The van der Waals surface area contributed by atoms with Crippen molar-refractivity contribution in [2.24, 2.45) is 5.73 Å². The predicted molar refractivity (Wildman–Crippen MR) is 70.3 cm³/mol. The smallest absolute Gasteiger partial charge is 0.128 e. The van der Waals surface area contributed by atoms with Gasteiger partial charge in [-0.25, -0.2) is 8.78 Å². The van der Waals surface area contributed by atoms with Gasteiger partial charge in [0.05, 0.1) is 0 Å². The molecule has 18 heavy (non-hydrogen) atoms. The predicted octanol–water partition coefficient (Wildman–Crippen LogP) is 3.09. The number of nitrogens with two attached hydrogens (primary N) is 1. The van der Waals surface area contributed by atoms with Crippen LogP contribution in [0.1, 0.15) is 38.8 Å². The maximum Gasteiger partial charge on any atom is 0.128 e. The molecule has 0 aliphatic rings. The molecule has 0 aliphatic carbocycles. The zero-order chi connectivity index (χ0) is 13.9. The fraction of sp³-hybridized carbons (Fsp3) is 0.571. The average Bonchev–Trinajstić information content (AvgIpc) is 2.31. The SMILES string of the molecule is CCC(C)(C)N(C)CC(N)c1cc(F)ccc1F. The molecule has 2 N–H and O–H groups in total. The Bertz CT molecular complexity index is 405. The molecule has 0 spiro atoms. The topological polar surface area (TPSA) is 29.3 Å². The Balaban J connectivity index is 2.82. The second-order valence-corrected chi connectivity index (χ2v) is 5.32. The molecule has 0 saturated carbocycles. The van der Waals surface area contributed by atoms with E-state index in [1.165, 1.54) is 6.07 Å². The Kier molecular flexibility index (Phi) is 4.82. The number of benzene rings is 1. The summed E-state index contributed by atoms with van der Waals surface area (Å²) in [6.07, 6.45) is 0.960. The highest BCUT2D eigenvalue weighted by atomic mass is 19.1. The lowest BCUT2D eigenvalue weighted by Crippen LogP contribution is -2.44. The van der Waals surface area contributed by atoms with Gasteiger partial charge in [-0.3, -0.25) is 4.90 Å². The van der Waals surface area contributed by atoms with E-state index in [0.29, 0.717) is 6.54 Å². The Morgan fingerprint density at radius 1 is 1.33 bits per heavy atom. The summed E-state index contributed by atoms with van der Waals surface area (Å²) < 4.78 is 26.7. The molecule has 0 saturated heterocycles. The van der Waals surface area contributed by atoms with Crippen LogP contribution in [-0.4, -0.2) is 24.0 Å². The minimum absolute atomic E-state index is 0.0125. The molecule has 0 bridgehead atoms. The molecule has 2 nitrogen and oxygen atoms in total. The Morgan fingerprint density at radius 3 is 2.50 bits per heavy atom. The third-order valence-corrected chi connectivity index (χ3v) is 3.73. The highest BCUT2D eigenvalue weighted by molar-refractivity contribution is 5.22. The molecule has 0 aliphatic heterocycles.